The Morgan fingerprint density at radius 2 is 2.53 bits per heavy atom. The molecule has 1 aromatic heterocycles. The Balaban J connectivity index is 1.77. The van der Waals surface area contributed by atoms with Crippen LogP contribution in [0.25, 0.3) is 0 Å². The van der Waals surface area contributed by atoms with Gasteiger partial charge in [0.2, 0.25) is 11.0 Å². The summed E-state index contributed by atoms with van der Waals surface area (Å²) in [6.07, 6.45) is 0.981. The van der Waals surface area contributed by atoms with Crippen molar-refractivity contribution in [3.63, 3.8) is 0 Å². The number of thioether (sulfide) groups is 1. The van der Waals surface area contributed by atoms with Crippen LogP contribution >= 0.6 is 23.1 Å². The standard InChI is InChI=1S/C10H17N5O2S2/c1-17-7-2-3-12-4-6(7)13-8(16)5-18-10-15-14-9(11)19-10/h6-7,12H,2-5H2,1H3,(H2,11,14)(H,13,16)/t6-,7+/m0/s1. The molecule has 0 saturated carbocycles. The van der Waals surface area contributed by atoms with E-state index in [2.05, 4.69) is 20.8 Å². The number of aromatic nitrogens is 2. The van der Waals surface area contributed by atoms with E-state index < -0.39 is 0 Å². The lowest BCUT2D eigenvalue weighted by Crippen LogP contribution is -2.54. The molecule has 1 saturated heterocycles. The maximum atomic E-state index is 11.9. The van der Waals surface area contributed by atoms with Crippen LogP contribution < -0.4 is 16.4 Å². The molecule has 0 aromatic carbocycles. The van der Waals surface area contributed by atoms with E-state index in [1.54, 1.807) is 7.11 Å². The van der Waals surface area contributed by atoms with Crippen molar-refractivity contribution in [2.24, 2.45) is 0 Å². The molecule has 106 valence electrons. The minimum atomic E-state index is -0.0329. The number of carbonyl (C=O) groups excluding carboxylic acids is 1. The van der Waals surface area contributed by atoms with Gasteiger partial charge in [0, 0.05) is 13.7 Å². The summed E-state index contributed by atoms with van der Waals surface area (Å²) in [5, 5.41) is 14.2. The molecule has 0 aliphatic carbocycles. The SMILES string of the molecule is CO[C@@H]1CCNC[C@@H]1NC(=O)CSc1nnc(N)s1. The Morgan fingerprint density at radius 1 is 1.68 bits per heavy atom. The first kappa shape index (κ1) is 14.5. The predicted octanol–water partition coefficient (Wildman–Crippen LogP) is -0.294. The van der Waals surface area contributed by atoms with Crippen molar-refractivity contribution < 1.29 is 9.53 Å². The minimum Gasteiger partial charge on any atom is -0.379 e. The van der Waals surface area contributed by atoms with Gasteiger partial charge in [0.25, 0.3) is 0 Å². The van der Waals surface area contributed by atoms with Crippen LogP contribution in [0.2, 0.25) is 0 Å². The fourth-order valence-corrected chi connectivity index (χ4v) is 3.36. The van der Waals surface area contributed by atoms with E-state index in [1.165, 1.54) is 23.1 Å². The van der Waals surface area contributed by atoms with Crippen molar-refractivity contribution in [3.8, 4) is 0 Å². The van der Waals surface area contributed by atoms with Crippen LogP contribution in [0.4, 0.5) is 5.13 Å². The summed E-state index contributed by atoms with van der Waals surface area (Å²) in [6, 6.07) is 0.0198. The maximum absolute atomic E-state index is 11.9. The van der Waals surface area contributed by atoms with Crippen molar-refractivity contribution >= 4 is 34.1 Å². The molecule has 4 N–H and O–H groups in total. The summed E-state index contributed by atoms with van der Waals surface area (Å²) in [6.45, 7) is 1.66. The lowest BCUT2D eigenvalue weighted by atomic mass is 10.0. The lowest BCUT2D eigenvalue weighted by Gasteiger charge is -2.31. The average Bonchev–Trinajstić information content (AvgIpc) is 2.83. The highest BCUT2D eigenvalue weighted by Gasteiger charge is 2.26. The first-order chi connectivity index (χ1) is 9.19. The van der Waals surface area contributed by atoms with Crippen LogP contribution in [0.15, 0.2) is 4.34 Å². The molecule has 9 heteroatoms. The van der Waals surface area contributed by atoms with E-state index >= 15 is 0 Å². The van der Waals surface area contributed by atoms with E-state index in [0.717, 1.165) is 19.5 Å². The fourth-order valence-electron chi connectivity index (χ4n) is 1.92. The molecule has 7 nitrogen and oxygen atoms in total. The highest BCUT2D eigenvalue weighted by molar-refractivity contribution is 8.01. The summed E-state index contributed by atoms with van der Waals surface area (Å²) >= 11 is 2.62. The minimum absolute atomic E-state index is 0.0198. The number of hydrogen-bond acceptors (Lipinski definition) is 8. The number of methoxy groups -OCH3 is 1. The van der Waals surface area contributed by atoms with Crippen molar-refractivity contribution in [2.75, 3.05) is 31.7 Å². The number of nitrogen functional groups attached to an aromatic ring is 1. The van der Waals surface area contributed by atoms with Crippen LogP contribution in [-0.4, -0.2) is 54.2 Å². The van der Waals surface area contributed by atoms with Crippen LogP contribution in [-0.2, 0) is 9.53 Å². The van der Waals surface area contributed by atoms with E-state index in [-0.39, 0.29) is 18.1 Å². The summed E-state index contributed by atoms with van der Waals surface area (Å²) in [4.78, 5) is 11.9. The number of piperidine rings is 1. The Morgan fingerprint density at radius 3 is 3.21 bits per heavy atom. The third-order valence-corrected chi connectivity index (χ3v) is 4.70. The number of nitrogens with one attached hydrogen (secondary N) is 2. The molecular formula is C10H17N5O2S2. The van der Waals surface area contributed by atoms with Gasteiger partial charge < -0.3 is 21.1 Å². The summed E-state index contributed by atoms with van der Waals surface area (Å²) < 4.78 is 6.08. The number of amides is 1. The van der Waals surface area contributed by atoms with Crippen LogP contribution in [0, 0.1) is 0 Å². The van der Waals surface area contributed by atoms with Crippen LogP contribution in [0.1, 0.15) is 6.42 Å². The van der Waals surface area contributed by atoms with Gasteiger partial charge in [0.15, 0.2) is 4.34 Å². The first-order valence-electron chi connectivity index (χ1n) is 5.93. The smallest absolute Gasteiger partial charge is 0.230 e. The molecule has 1 aromatic rings. The molecule has 2 heterocycles. The molecule has 1 amide bonds. The third-order valence-electron chi connectivity index (χ3n) is 2.82. The maximum Gasteiger partial charge on any atom is 0.230 e. The predicted molar refractivity (Wildman–Crippen MR) is 75.3 cm³/mol. The fraction of sp³-hybridized carbons (Fsp3) is 0.700. The molecular weight excluding hydrogens is 286 g/mol. The van der Waals surface area contributed by atoms with Crippen molar-refractivity contribution in [2.45, 2.75) is 22.9 Å². The van der Waals surface area contributed by atoms with Gasteiger partial charge in [-0.3, -0.25) is 4.79 Å². The molecule has 1 aliphatic rings. The second-order valence-electron chi connectivity index (χ2n) is 4.14. The Labute approximate surface area is 119 Å². The van der Waals surface area contributed by atoms with Crippen molar-refractivity contribution in [1.82, 2.24) is 20.8 Å². The topological polar surface area (TPSA) is 102 Å². The highest BCUT2D eigenvalue weighted by Crippen LogP contribution is 2.23. The number of anilines is 1. The zero-order valence-electron chi connectivity index (χ0n) is 10.6. The largest absolute Gasteiger partial charge is 0.379 e. The van der Waals surface area contributed by atoms with E-state index in [4.69, 9.17) is 10.5 Å². The van der Waals surface area contributed by atoms with Crippen LogP contribution in [0.3, 0.4) is 0 Å². The number of nitrogens with zero attached hydrogens (tertiary/aromatic N) is 2. The molecule has 2 rings (SSSR count). The Kier molecular flexibility index (Phi) is 5.37. The normalized spacial score (nSPS) is 23.2. The van der Waals surface area contributed by atoms with E-state index in [1.807, 2.05) is 0 Å². The second-order valence-corrected chi connectivity index (χ2v) is 6.37. The van der Waals surface area contributed by atoms with Gasteiger partial charge in [0.05, 0.1) is 17.9 Å². The average molecular weight is 303 g/mol. The molecule has 0 bridgehead atoms. The molecule has 0 radical (unpaired) electrons. The van der Waals surface area contributed by atoms with Gasteiger partial charge in [-0.2, -0.15) is 0 Å². The Hall–Kier alpha value is -0.900. The lowest BCUT2D eigenvalue weighted by molar-refractivity contribution is -0.120. The number of ether oxygens (including phenoxy) is 1. The van der Waals surface area contributed by atoms with Gasteiger partial charge in [0.1, 0.15) is 0 Å². The second kappa shape index (κ2) is 7.04. The number of carbonyl (C=O) groups is 1. The number of hydrogen-bond donors (Lipinski definition) is 3. The molecule has 0 spiro atoms. The number of nitrogens with two attached hydrogens (primary N) is 1. The molecule has 2 atom stereocenters. The van der Waals surface area contributed by atoms with E-state index in [9.17, 15) is 4.79 Å². The van der Waals surface area contributed by atoms with Crippen LogP contribution in [0.5, 0.6) is 0 Å². The van der Waals surface area contributed by atoms with E-state index in [0.29, 0.717) is 15.2 Å². The monoisotopic (exact) mass is 303 g/mol. The molecule has 19 heavy (non-hydrogen) atoms. The van der Waals surface area contributed by atoms with Gasteiger partial charge in [-0.05, 0) is 13.0 Å². The quantitative estimate of drug-likeness (QED) is 0.642. The van der Waals surface area contributed by atoms with Crippen molar-refractivity contribution in [3.05, 3.63) is 0 Å². The van der Waals surface area contributed by atoms with Gasteiger partial charge in [-0.15, -0.1) is 10.2 Å². The summed E-state index contributed by atoms with van der Waals surface area (Å²) in [7, 11) is 1.67. The molecule has 1 fully saturated rings. The van der Waals surface area contributed by atoms with Gasteiger partial charge in [-0.1, -0.05) is 23.1 Å². The Bertz CT molecular complexity index is 428. The molecule has 0 unspecified atom stereocenters. The summed E-state index contributed by atoms with van der Waals surface area (Å²) in [5.74, 6) is 0.274. The van der Waals surface area contributed by atoms with Gasteiger partial charge in [-0.25, -0.2) is 0 Å². The zero-order chi connectivity index (χ0) is 13.7. The highest BCUT2D eigenvalue weighted by atomic mass is 32.2. The van der Waals surface area contributed by atoms with Gasteiger partial charge >= 0.3 is 0 Å². The molecule has 1 aliphatic heterocycles. The first-order valence-corrected chi connectivity index (χ1v) is 7.74. The zero-order valence-corrected chi connectivity index (χ0v) is 12.2. The number of rotatable bonds is 5. The third kappa shape index (κ3) is 4.30. The summed E-state index contributed by atoms with van der Waals surface area (Å²) in [5.41, 5.74) is 5.48. The van der Waals surface area contributed by atoms with Crippen molar-refractivity contribution in [1.29, 1.82) is 0 Å².